The molecule has 0 aromatic heterocycles. The molecule has 1 atom stereocenters. The predicted octanol–water partition coefficient (Wildman–Crippen LogP) is 2.98. The van der Waals surface area contributed by atoms with Crippen molar-refractivity contribution in [3.8, 4) is 0 Å². The Hall–Kier alpha value is -3.40. The fraction of sp³-hybridized carbons (Fsp3) is 0.318. The summed E-state index contributed by atoms with van der Waals surface area (Å²) < 4.78 is 43.1. The molecule has 3 amide bonds. The van der Waals surface area contributed by atoms with Crippen LogP contribution in [0.1, 0.15) is 39.1 Å². The molecular formula is C22H22F3N3O4. The lowest BCUT2D eigenvalue weighted by atomic mass is 10.1. The topological polar surface area (TPSA) is 96.5 Å². The minimum atomic E-state index is -4.47. The van der Waals surface area contributed by atoms with Gasteiger partial charge in [0.25, 0.3) is 11.8 Å². The van der Waals surface area contributed by atoms with Gasteiger partial charge < -0.3 is 20.7 Å². The molecule has 3 N–H and O–H groups in total. The molecule has 170 valence electrons. The van der Waals surface area contributed by atoms with Gasteiger partial charge in [-0.1, -0.05) is 0 Å². The van der Waals surface area contributed by atoms with Crippen molar-refractivity contribution in [1.29, 1.82) is 0 Å². The zero-order chi connectivity index (χ0) is 23.1. The summed E-state index contributed by atoms with van der Waals surface area (Å²) in [4.78, 5) is 36.2. The molecule has 2 aromatic carbocycles. The average Bonchev–Trinajstić information content (AvgIpc) is 3.31. The number of hydrogen-bond donors (Lipinski definition) is 3. The highest BCUT2D eigenvalue weighted by atomic mass is 19.4. The zero-order valence-electron chi connectivity index (χ0n) is 17.0. The van der Waals surface area contributed by atoms with Crippen LogP contribution in [0.4, 0.5) is 18.9 Å². The molecule has 0 saturated carbocycles. The molecule has 7 nitrogen and oxygen atoms in total. The number of benzene rings is 2. The molecule has 0 spiro atoms. The number of alkyl halides is 3. The van der Waals surface area contributed by atoms with Crippen LogP contribution >= 0.6 is 0 Å². The largest absolute Gasteiger partial charge is 0.416 e. The van der Waals surface area contributed by atoms with E-state index < -0.39 is 23.8 Å². The second-order valence-electron chi connectivity index (χ2n) is 7.16. The van der Waals surface area contributed by atoms with E-state index in [1.165, 1.54) is 24.3 Å². The molecule has 1 heterocycles. The molecule has 1 saturated heterocycles. The number of ether oxygens (including phenoxy) is 1. The molecule has 1 aliphatic heterocycles. The van der Waals surface area contributed by atoms with E-state index in [9.17, 15) is 27.6 Å². The van der Waals surface area contributed by atoms with Crippen LogP contribution in [0.5, 0.6) is 0 Å². The van der Waals surface area contributed by atoms with Crippen molar-refractivity contribution in [3.05, 3.63) is 65.2 Å². The Morgan fingerprint density at radius 3 is 2.06 bits per heavy atom. The van der Waals surface area contributed by atoms with Crippen molar-refractivity contribution in [2.75, 3.05) is 25.0 Å². The molecule has 1 aliphatic rings. The molecule has 0 aliphatic carbocycles. The maximum atomic E-state index is 12.6. The van der Waals surface area contributed by atoms with Gasteiger partial charge in [0, 0.05) is 36.5 Å². The monoisotopic (exact) mass is 449 g/mol. The smallest absolute Gasteiger partial charge is 0.368 e. The van der Waals surface area contributed by atoms with Crippen molar-refractivity contribution in [3.63, 3.8) is 0 Å². The number of carbonyl (C=O) groups is 3. The van der Waals surface area contributed by atoms with Crippen LogP contribution < -0.4 is 16.0 Å². The summed E-state index contributed by atoms with van der Waals surface area (Å²) in [6.45, 7) is 1.09. The first-order chi connectivity index (χ1) is 15.2. The van der Waals surface area contributed by atoms with Crippen LogP contribution in [0.2, 0.25) is 0 Å². The van der Waals surface area contributed by atoms with E-state index in [0.29, 0.717) is 24.3 Å². The molecule has 32 heavy (non-hydrogen) atoms. The van der Waals surface area contributed by atoms with Crippen molar-refractivity contribution in [1.82, 2.24) is 10.6 Å². The fourth-order valence-corrected chi connectivity index (χ4v) is 3.08. The minimum absolute atomic E-state index is 0.0740. The summed E-state index contributed by atoms with van der Waals surface area (Å²) in [6, 6.07) is 9.89. The summed E-state index contributed by atoms with van der Waals surface area (Å²) in [7, 11) is 0. The number of nitrogens with one attached hydrogen (secondary N) is 3. The molecule has 10 heteroatoms. The van der Waals surface area contributed by atoms with Gasteiger partial charge in [-0.2, -0.15) is 13.2 Å². The van der Waals surface area contributed by atoms with Crippen molar-refractivity contribution in [2.45, 2.75) is 25.1 Å². The standard InChI is InChI=1S/C22H22F3N3O4/c23-22(24,25)16-7-3-15(4-8-16)20(30)28-17-9-5-14(6-10-17)19(29)26-11-12-27-21(31)18-2-1-13-32-18/h3-10,18H,1-2,11-13H2,(H,26,29)(H,27,31)(H,28,30). The van der Waals surface area contributed by atoms with E-state index in [1.54, 1.807) is 0 Å². The molecule has 0 bridgehead atoms. The van der Waals surface area contributed by atoms with Gasteiger partial charge in [0.1, 0.15) is 6.10 Å². The first kappa shape index (κ1) is 23.3. The maximum absolute atomic E-state index is 12.6. The first-order valence-corrected chi connectivity index (χ1v) is 10.0. The van der Waals surface area contributed by atoms with Gasteiger partial charge in [0.05, 0.1) is 5.56 Å². The highest BCUT2D eigenvalue weighted by Gasteiger charge is 2.30. The van der Waals surface area contributed by atoms with E-state index in [0.717, 1.165) is 30.7 Å². The van der Waals surface area contributed by atoms with E-state index in [-0.39, 0.29) is 30.5 Å². The van der Waals surface area contributed by atoms with Gasteiger partial charge in [-0.3, -0.25) is 14.4 Å². The van der Waals surface area contributed by atoms with Crippen LogP contribution in [-0.4, -0.2) is 43.5 Å². The molecule has 1 unspecified atom stereocenters. The number of hydrogen-bond acceptors (Lipinski definition) is 4. The molecule has 3 rings (SSSR count). The average molecular weight is 449 g/mol. The van der Waals surface area contributed by atoms with E-state index in [2.05, 4.69) is 16.0 Å². The highest BCUT2D eigenvalue weighted by molar-refractivity contribution is 6.04. The Balaban J connectivity index is 1.45. The molecule has 2 aromatic rings. The second-order valence-corrected chi connectivity index (χ2v) is 7.16. The Morgan fingerprint density at radius 2 is 1.47 bits per heavy atom. The third-order valence-electron chi connectivity index (χ3n) is 4.81. The predicted molar refractivity (Wildman–Crippen MR) is 110 cm³/mol. The van der Waals surface area contributed by atoms with Crippen molar-refractivity contribution in [2.24, 2.45) is 0 Å². The number of carbonyl (C=O) groups excluding carboxylic acids is 3. The van der Waals surface area contributed by atoms with Gasteiger partial charge in [0.15, 0.2) is 0 Å². The van der Waals surface area contributed by atoms with Crippen LogP contribution in [-0.2, 0) is 15.7 Å². The van der Waals surface area contributed by atoms with Crippen LogP contribution in [0, 0.1) is 0 Å². The maximum Gasteiger partial charge on any atom is 0.416 e. The summed E-state index contributed by atoms with van der Waals surface area (Å²) in [5, 5.41) is 7.94. The van der Waals surface area contributed by atoms with Gasteiger partial charge in [0.2, 0.25) is 5.91 Å². The number of amides is 3. The van der Waals surface area contributed by atoms with Crippen LogP contribution in [0.3, 0.4) is 0 Å². The first-order valence-electron chi connectivity index (χ1n) is 10.0. The van der Waals surface area contributed by atoms with E-state index in [1.807, 2.05) is 0 Å². The Labute approximate surface area is 182 Å². The zero-order valence-corrected chi connectivity index (χ0v) is 17.0. The lowest BCUT2D eigenvalue weighted by Gasteiger charge is -2.11. The normalized spacial score (nSPS) is 15.8. The fourth-order valence-electron chi connectivity index (χ4n) is 3.08. The Bertz CT molecular complexity index is 954. The minimum Gasteiger partial charge on any atom is -0.368 e. The third-order valence-corrected chi connectivity index (χ3v) is 4.81. The summed E-state index contributed by atoms with van der Waals surface area (Å²) in [5.41, 5.74) is -0.0287. The second kappa shape index (κ2) is 10.3. The summed E-state index contributed by atoms with van der Waals surface area (Å²) in [6.07, 6.45) is -3.34. The summed E-state index contributed by atoms with van der Waals surface area (Å²) in [5.74, 6) is -1.11. The summed E-state index contributed by atoms with van der Waals surface area (Å²) >= 11 is 0. The van der Waals surface area contributed by atoms with Crippen LogP contribution in [0.15, 0.2) is 48.5 Å². The number of rotatable bonds is 7. The van der Waals surface area contributed by atoms with Crippen molar-refractivity contribution >= 4 is 23.4 Å². The van der Waals surface area contributed by atoms with E-state index >= 15 is 0 Å². The molecule has 1 fully saturated rings. The third kappa shape index (κ3) is 6.30. The van der Waals surface area contributed by atoms with Gasteiger partial charge in [-0.05, 0) is 61.4 Å². The number of anilines is 1. The quantitative estimate of drug-likeness (QED) is 0.567. The van der Waals surface area contributed by atoms with E-state index in [4.69, 9.17) is 4.74 Å². The molecular weight excluding hydrogens is 427 g/mol. The van der Waals surface area contributed by atoms with Gasteiger partial charge >= 0.3 is 6.18 Å². The molecule has 0 radical (unpaired) electrons. The number of halogens is 3. The lowest BCUT2D eigenvalue weighted by molar-refractivity contribution is -0.137. The highest BCUT2D eigenvalue weighted by Crippen LogP contribution is 2.29. The van der Waals surface area contributed by atoms with Crippen LogP contribution in [0.25, 0.3) is 0 Å². The Morgan fingerprint density at radius 1 is 0.875 bits per heavy atom. The van der Waals surface area contributed by atoms with Gasteiger partial charge in [-0.25, -0.2) is 0 Å². The lowest BCUT2D eigenvalue weighted by Crippen LogP contribution is -2.39. The van der Waals surface area contributed by atoms with Gasteiger partial charge in [-0.15, -0.1) is 0 Å². The Kier molecular flexibility index (Phi) is 7.47. The van der Waals surface area contributed by atoms with Crippen molar-refractivity contribution < 1.29 is 32.3 Å². The SMILES string of the molecule is O=C(NCCNC(=O)C1CCCO1)c1ccc(NC(=O)c2ccc(C(F)(F)F)cc2)cc1.